The SMILES string of the molecule is Clc1ccc(CO[C@@H]2CCC[C@H]2NC(c2ccccc2)(c2ccccc2)c2ccccc2)cc1.O[C@@H]1CCC[C@H]1NC(c1ccccc1)(c1ccccc1)c1ccccc1. The van der Waals surface area contributed by atoms with Crippen LogP contribution in [0.1, 0.15) is 77.5 Å². The Labute approximate surface area is 361 Å². The van der Waals surface area contributed by atoms with Gasteiger partial charge in [0.05, 0.1) is 29.9 Å². The molecular formula is C55H55ClN2O2. The number of aliphatic hydroxyl groups excluding tert-OH is 1. The van der Waals surface area contributed by atoms with Crippen LogP contribution in [-0.2, 0) is 22.4 Å². The van der Waals surface area contributed by atoms with E-state index in [0.29, 0.717) is 6.61 Å². The van der Waals surface area contributed by atoms with Crippen molar-refractivity contribution in [2.45, 2.75) is 80.5 Å². The van der Waals surface area contributed by atoms with Crippen LogP contribution in [0.15, 0.2) is 206 Å². The number of rotatable bonds is 13. The molecule has 2 aliphatic rings. The minimum absolute atomic E-state index is 0.0793. The molecule has 0 aliphatic heterocycles. The van der Waals surface area contributed by atoms with Crippen LogP contribution in [0.3, 0.4) is 0 Å². The average molecular weight is 812 g/mol. The third kappa shape index (κ3) is 9.19. The molecular weight excluding hydrogens is 756 g/mol. The first-order valence-corrected chi connectivity index (χ1v) is 21.9. The van der Waals surface area contributed by atoms with E-state index in [-0.39, 0.29) is 24.3 Å². The second-order valence-electron chi connectivity index (χ2n) is 16.1. The zero-order chi connectivity index (χ0) is 41.0. The standard InChI is InChI=1S/C31H30ClNO.C24H25NO/c32-28-21-19-24(20-22-28)23-34-30-18-10-17-29(30)33-31(25-11-4-1-5-12-25,26-13-6-2-7-14-26)27-15-8-3-9-16-27;26-23-18-10-17-22(23)25-24(19-11-4-1-5-12-19,20-13-6-2-7-14-20)21-15-8-3-9-16-21/h1-9,11-16,19-22,29-30,33H,10,17-18,23H2;1-9,11-16,22-23,25-26H,10,17-18H2/t29-,30-;22-,23-/m11/s1. The van der Waals surface area contributed by atoms with Gasteiger partial charge in [-0.2, -0.15) is 0 Å². The maximum absolute atomic E-state index is 10.5. The number of ether oxygens (including phenoxy) is 1. The monoisotopic (exact) mass is 810 g/mol. The quantitative estimate of drug-likeness (QED) is 0.102. The molecule has 2 saturated carbocycles. The molecule has 0 amide bonds. The molecule has 304 valence electrons. The first-order chi connectivity index (χ1) is 29.6. The Hall–Kier alpha value is -5.33. The summed E-state index contributed by atoms with van der Waals surface area (Å²) in [5.41, 5.74) is 7.46. The van der Waals surface area contributed by atoms with E-state index in [0.717, 1.165) is 49.1 Å². The summed E-state index contributed by atoms with van der Waals surface area (Å²) < 4.78 is 6.49. The van der Waals surface area contributed by atoms with Gasteiger partial charge in [0.1, 0.15) is 0 Å². The van der Waals surface area contributed by atoms with Gasteiger partial charge < -0.3 is 9.84 Å². The summed E-state index contributed by atoms with van der Waals surface area (Å²) >= 11 is 6.06. The third-order valence-corrected chi connectivity index (χ3v) is 12.6. The highest BCUT2D eigenvalue weighted by molar-refractivity contribution is 6.30. The van der Waals surface area contributed by atoms with Crippen molar-refractivity contribution in [1.82, 2.24) is 10.6 Å². The Balaban J connectivity index is 0.000000172. The van der Waals surface area contributed by atoms with Crippen molar-refractivity contribution in [3.63, 3.8) is 0 Å². The molecule has 2 aliphatic carbocycles. The molecule has 0 spiro atoms. The zero-order valence-corrected chi connectivity index (χ0v) is 34.9. The Bertz CT molecular complexity index is 2120. The van der Waals surface area contributed by atoms with Gasteiger partial charge in [-0.1, -0.05) is 206 Å². The van der Waals surface area contributed by atoms with E-state index in [9.17, 15) is 5.11 Å². The molecule has 9 rings (SSSR count). The van der Waals surface area contributed by atoms with E-state index in [1.807, 2.05) is 24.3 Å². The van der Waals surface area contributed by atoms with E-state index in [1.165, 1.54) is 33.4 Å². The number of nitrogens with one attached hydrogen (secondary N) is 2. The van der Waals surface area contributed by atoms with Crippen LogP contribution in [0.5, 0.6) is 0 Å². The lowest BCUT2D eigenvalue weighted by atomic mass is 9.76. The first-order valence-electron chi connectivity index (χ1n) is 21.5. The topological polar surface area (TPSA) is 53.5 Å². The van der Waals surface area contributed by atoms with Gasteiger partial charge in [0.15, 0.2) is 0 Å². The summed E-state index contributed by atoms with van der Waals surface area (Å²) in [6, 6.07) is 72.3. The van der Waals surface area contributed by atoms with E-state index < -0.39 is 11.1 Å². The molecule has 7 aromatic rings. The molecule has 2 fully saturated rings. The largest absolute Gasteiger partial charge is 0.392 e. The summed E-state index contributed by atoms with van der Waals surface area (Å²) in [6.07, 6.45) is 6.06. The molecule has 4 nitrogen and oxygen atoms in total. The van der Waals surface area contributed by atoms with Gasteiger partial charge in [0.25, 0.3) is 0 Å². The fourth-order valence-electron chi connectivity index (χ4n) is 9.37. The van der Waals surface area contributed by atoms with E-state index in [1.54, 1.807) is 0 Å². The number of halogens is 1. The van der Waals surface area contributed by atoms with Gasteiger partial charge in [-0.25, -0.2) is 0 Å². The van der Waals surface area contributed by atoms with Gasteiger partial charge in [-0.3, -0.25) is 10.6 Å². The van der Waals surface area contributed by atoms with Crippen LogP contribution >= 0.6 is 11.6 Å². The molecule has 0 bridgehead atoms. The Kier molecular flexibility index (Phi) is 13.7. The van der Waals surface area contributed by atoms with Crippen molar-refractivity contribution in [1.29, 1.82) is 0 Å². The van der Waals surface area contributed by atoms with Gasteiger partial charge in [0.2, 0.25) is 0 Å². The fraction of sp³-hybridized carbons (Fsp3) is 0.236. The first kappa shape index (κ1) is 41.4. The van der Waals surface area contributed by atoms with Gasteiger partial charge in [0, 0.05) is 17.1 Å². The Morgan fingerprint density at radius 3 is 1.12 bits per heavy atom. The Morgan fingerprint density at radius 2 is 0.767 bits per heavy atom. The number of hydrogen-bond acceptors (Lipinski definition) is 4. The summed E-state index contributed by atoms with van der Waals surface area (Å²) in [5, 5.41) is 19.3. The van der Waals surface area contributed by atoms with Gasteiger partial charge in [-0.15, -0.1) is 0 Å². The highest BCUT2D eigenvalue weighted by Crippen LogP contribution is 2.41. The van der Waals surface area contributed by atoms with Crippen molar-refractivity contribution in [2.75, 3.05) is 0 Å². The summed E-state index contributed by atoms with van der Waals surface area (Å²) in [6.45, 7) is 0.592. The normalized spacial score (nSPS) is 19.0. The minimum Gasteiger partial charge on any atom is -0.392 e. The van der Waals surface area contributed by atoms with E-state index in [4.69, 9.17) is 16.3 Å². The minimum atomic E-state index is -0.486. The summed E-state index contributed by atoms with van der Waals surface area (Å²) in [5.74, 6) is 0. The highest BCUT2D eigenvalue weighted by atomic mass is 35.5. The molecule has 3 N–H and O–H groups in total. The van der Waals surface area contributed by atoms with Crippen molar-refractivity contribution in [3.05, 3.63) is 250 Å². The predicted molar refractivity (Wildman–Crippen MR) is 246 cm³/mol. The molecule has 0 heterocycles. The fourth-order valence-corrected chi connectivity index (χ4v) is 9.49. The van der Waals surface area contributed by atoms with Crippen LogP contribution in [-0.4, -0.2) is 29.4 Å². The third-order valence-electron chi connectivity index (χ3n) is 12.4. The van der Waals surface area contributed by atoms with Crippen LogP contribution in [0.4, 0.5) is 0 Å². The van der Waals surface area contributed by atoms with Crippen molar-refractivity contribution in [2.24, 2.45) is 0 Å². The number of benzene rings is 7. The van der Waals surface area contributed by atoms with Crippen molar-refractivity contribution in [3.8, 4) is 0 Å². The predicted octanol–water partition coefficient (Wildman–Crippen LogP) is 11.8. The van der Waals surface area contributed by atoms with E-state index in [2.05, 4.69) is 193 Å². The molecule has 0 unspecified atom stereocenters. The second-order valence-corrected chi connectivity index (χ2v) is 16.5. The van der Waals surface area contributed by atoms with E-state index >= 15 is 0 Å². The Morgan fingerprint density at radius 1 is 0.433 bits per heavy atom. The number of hydrogen-bond donors (Lipinski definition) is 3. The van der Waals surface area contributed by atoms with Gasteiger partial charge >= 0.3 is 0 Å². The average Bonchev–Trinajstić information content (AvgIpc) is 3.96. The lowest BCUT2D eigenvalue weighted by Crippen LogP contribution is -2.52. The molecule has 4 atom stereocenters. The van der Waals surface area contributed by atoms with Crippen molar-refractivity contribution < 1.29 is 9.84 Å². The summed E-state index contributed by atoms with van der Waals surface area (Å²) in [4.78, 5) is 0. The van der Waals surface area contributed by atoms with Crippen LogP contribution in [0.25, 0.3) is 0 Å². The highest BCUT2D eigenvalue weighted by Gasteiger charge is 2.42. The van der Waals surface area contributed by atoms with Gasteiger partial charge in [-0.05, 0) is 89.6 Å². The van der Waals surface area contributed by atoms with Crippen LogP contribution < -0.4 is 10.6 Å². The molecule has 60 heavy (non-hydrogen) atoms. The smallest absolute Gasteiger partial charge is 0.0950 e. The van der Waals surface area contributed by atoms with Crippen LogP contribution in [0.2, 0.25) is 5.02 Å². The maximum Gasteiger partial charge on any atom is 0.0950 e. The molecule has 5 heteroatoms. The molecule has 0 saturated heterocycles. The van der Waals surface area contributed by atoms with Crippen molar-refractivity contribution >= 4 is 11.6 Å². The second kappa shape index (κ2) is 19.8. The summed E-state index contributed by atoms with van der Waals surface area (Å²) in [7, 11) is 0. The lowest BCUT2D eigenvalue weighted by Gasteiger charge is -2.40. The maximum atomic E-state index is 10.5. The number of aliphatic hydroxyl groups is 1. The lowest BCUT2D eigenvalue weighted by molar-refractivity contribution is 0.0234. The molecule has 7 aromatic carbocycles. The zero-order valence-electron chi connectivity index (χ0n) is 34.1. The van der Waals surface area contributed by atoms with Crippen LogP contribution in [0, 0.1) is 0 Å². The molecule has 0 aromatic heterocycles. The molecule has 0 radical (unpaired) electrons.